The maximum absolute atomic E-state index is 13.4. The van der Waals surface area contributed by atoms with Crippen LogP contribution in [0.25, 0.3) is 0 Å². The Labute approximate surface area is 128 Å². The van der Waals surface area contributed by atoms with Crippen LogP contribution in [0.2, 0.25) is 0 Å². The van der Waals surface area contributed by atoms with Crippen LogP contribution in [0.4, 0.5) is 23.2 Å². The van der Waals surface area contributed by atoms with E-state index in [0.717, 1.165) is 18.2 Å². The van der Waals surface area contributed by atoms with E-state index in [1.54, 1.807) is 0 Å². The van der Waals surface area contributed by atoms with Gasteiger partial charge in [-0.05, 0) is 30.3 Å². The number of carbonyl (C=O) groups is 2. The second-order valence-corrected chi connectivity index (χ2v) is 4.46. The number of nitrogens with one attached hydrogen (secondary N) is 2. The lowest BCUT2D eigenvalue weighted by Gasteiger charge is -2.08. The van der Waals surface area contributed by atoms with E-state index in [1.165, 1.54) is 12.1 Å². The number of hydrogen-bond acceptors (Lipinski definition) is 2. The van der Waals surface area contributed by atoms with E-state index in [0.29, 0.717) is 6.07 Å². The van der Waals surface area contributed by atoms with Gasteiger partial charge in [-0.25, -0.2) is 17.6 Å². The average Bonchev–Trinajstić information content (AvgIpc) is 2.53. The highest BCUT2D eigenvalue weighted by atomic mass is 19.2. The Morgan fingerprint density at radius 1 is 0.957 bits per heavy atom. The Kier molecular flexibility index (Phi) is 4.95. The first kappa shape index (κ1) is 16.5. The van der Waals surface area contributed by atoms with Gasteiger partial charge in [-0.15, -0.1) is 0 Å². The van der Waals surface area contributed by atoms with E-state index in [1.807, 2.05) is 5.32 Å². The van der Waals surface area contributed by atoms with Gasteiger partial charge in [0.15, 0.2) is 17.5 Å². The third-order valence-electron chi connectivity index (χ3n) is 2.81. The summed E-state index contributed by atoms with van der Waals surface area (Å²) in [6.45, 7) is -0.562. The van der Waals surface area contributed by atoms with E-state index in [4.69, 9.17) is 0 Å². The number of halogens is 4. The van der Waals surface area contributed by atoms with Crippen LogP contribution in [0.15, 0.2) is 36.4 Å². The predicted molar refractivity (Wildman–Crippen MR) is 73.7 cm³/mol. The number of carbonyl (C=O) groups excluding carboxylic acids is 2. The Morgan fingerprint density at radius 3 is 2.39 bits per heavy atom. The molecule has 0 atom stereocenters. The molecule has 8 heteroatoms. The van der Waals surface area contributed by atoms with Gasteiger partial charge in [-0.1, -0.05) is 6.07 Å². The summed E-state index contributed by atoms with van der Waals surface area (Å²) < 4.78 is 52.1. The van der Waals surface area contributed by atoms with Crippen LogP contribution in [-0.2, 0) is 4.79 Å². The van der Waals surface area contributed by atoms with Crippen molar-refractivity contribution in [2.45, 2.75) is 0 Å². The van der Waals surface area contributed by atoms with Gasteiger partial charge in [-0.3, -0.25) is 9.59 Å². The number of benzene rings is 2. The lowest BCUT2D eigenvalue weighted by atomic mass is 10.2. The molecule has 2 N–H and O–H groups in total. The number of anilines is 1. The second-order valence-electron chi connectivity index (χ2n) is 4.46. The van der Waals surface area contributed by atoms with E-state index in [2.05, 4.69) is 5.32 Å². The third-order valence-corrected chi connectivity index (χ3v) is 2.81. The summed E-state index contributed by atoms with van der Waals surface area (Å²) in [6, 6.07) is 6.28. The standard InChI is InChI=1S/C15H10F4N2O2/c16-9-3-1-2-8(6-9)15(23)20-7-12(22)21-11-5-4-10(17)13(18)14(11)19/h1-6H,7H2,(H,20,23)(H,21,22). The molecule has 0 unspecified atom stereocenters. The first-order chi connectivity index (χ1) is 10.9. The summed E-state index contributed by atoms with van der Waals surface area (Å²) in [7, 11) is 0. The number of rotatable bonds is 4. The molecule has 0 saturated carbocycles. The molecule has 0 aromatic heterocycles. The second kappa shape index (κ2) is 6.91. The molecule has 2 aromatic rings. The Balaban J connectivity index is 1.95. The molecule has 0 spiro atoms. The summed E-state index contributed by atoms with van der Waals surface area (Å²) in [5.74, 6) is -6.85. The van der Waals surface area contributed by atoms with Crippen LogP contribution < -0.4 is 10.6 Å². The summed E-state index contributed by atoms with van der Waals surface area (Å²) >= 11 is 0. The average molecular weight is 326 g/mol. The predicted octanol–water partition coefficient (Wildman–Crippen LogP) is 2.61. The van der Waals surface area contributed by atoms with Crippen molar-refractivity contribution in [3.05, 3.63) is 65.2 Å². The maximum atomic E-state index is 13.4. The fraction of sp³-hybridized carbons (Fsp3) is 0.0667. The van der Waals surface area contributed by atoms with Gasteiger partial charge in [0.1, 0.15) is 5.82 Å². The molecule has 120 valence electrons. The van der Waals surface area contributed by atoms with E-state index in [-0.39, 0.29) is 5.56 Å². The Hall–Kier alpha value is -2.90. The normalized spacial score (nSPS) is 10.3. The molecule has 0 fully saturated rings. The zero-order chi connectivity index (χ0) is 17.0. The summed E-state index contributed by atoms with van der Waals surface area (Å²) in [4.78, 5) is 23.3. The Morgan fingerprint density at radius 2 is 1.70 bits per heavy atom. The molecule has 0 aliphatic carbocycles. The lowest BCUT2D eigenvalue weighted by molar-refractivity contribution is -0.115. The van der Waals surface area contributed by atoms with Crippen molar-refractivity contribution in [2.75, 3.05) is 11.9 Å². The van der Waals surface area contributed by atoms with Gasteiger partial charge in [0.2, 0.25) is 5.91 Å². The number of amides is 2. The summed E-state index contributed by atoms with van der Waals surface area (Å²) in [6.07, 6.45) is 0. The third kappa shape index (κ3) is 4.06. The minimum atomic E-state index is -1.72. The highest BCUT2D eigenvalue weighted by Gasteiger charge is 2.15. The van der Waals surface area contributed by atoms with E-state index >= 15 is 0 Å². The highest BCUT2D eigenvalue weighted by Crippen LogP contribution is 2.19. The number of hydrogen-bond donors (Lipinski definition) is 2. The van der Waals surface area contributed by atoms with Crippen LogP contribution in [0, 0.1) is 23.3 Å². The molecule has 0 aliphatic heterocycles. The Bertz CT molecular complexity index is 765. The van der Waals surface area contributed by atoms with Crippen molar-refractivity contribution in [2.24, 2.45) is 0 Å². The monoisotopic (exact) mass is 326 g/mol. The largest absolute Gasteiger partial charge is 0.343 e. The van der Waals surface area contributed by atoms with Crippen molar-refractivity contribution in [1.82, 2.24) is 5.32 Å². The van der Waals surface area contributed by atoms with Crippen molar-refractivity contribution in [3.63, 3.8) is 0 Å². The SMILES string of the molecule is O=C(CNC(=O)c1cccc(F)c1)Nc1ccc(F)c(F)c1F. The minimum Gasteiger partial charge on any atom is -0.343 e. The van der Waals surface area contributed by atoms with Crippen molar-refractivity contribution in [3.8, 4) is 0 Å². The molecule has 0 radical (unpaired) electrons. The molecule has 23 heavy (non-hydrogen) atoms. The van der Waals surface area contributed by atoms with Crippen molar-refractivity contribution < 1.29 is 27.2 Å². The van der Waals surface area contributed by atoms with Crippen LogP contribution in [0.3, 0.4) is 0 Å². The topological polar surface area (TPSA) is 58.2 Å². The molecule has 0 bridgehead atoms. The zero-order valence-corrected chi connectivity index (χ0v) is 11.5. The molecule has 2 aromatic carbocycles. The van der Waals surface area contributed by atoms with Crippen LogP contribution in [-0.4, -0.2) is 18.4 Å². The fourth-order valence-corrected chi connectivity index (χ4v) is 1.71. The molecule has 2 amide bonds. The van der Waals surface area contributed by atoms with Crippen LogP contribution in [0.5, 0.6) is 0 Å². The molecular formula is C15H10F4N2O2. The van der Waals surface area contributed by atoms with Gasteiger partial charge >= 0.3 is 0 Å². The van der Waals surface area contributed by atoms with E-state index < -0.39 is 47.3 Å². The van der Waals surface area contributed by atoms with Gasteiger partial charge in [0.05, 0.1) is 12.2 Å². The zero-order valence-electron chi connectivity index (χ0n) is 11.5. The summed E-state index contributed by atoms with van der Waals surface area (Å²) in [5, 5.41) is 4.17. The first-order valence-corrected chi connectivity index (χ1v) is 6.35. The van der Waals surface area contributed by atoms with Gasteiger partial charge < -0.3 is 10.6 Å². The van der Waals surface area contributed by atoms with Crippen LogP contribution >= 0.6 is 0 Å². The smallest absolute Gasteiger partial charge is 0.251 e. The lowest BCUT2D eigenvalue weighted by Crippen LogP contribution is -2.33. The molecular weight excluding hydrogens is 316 g/mol. The van der Waals surface area contributed by atoms with Crippen molar-refractivity contribution >= 4 is 17.5 Å². The molecule has 2 rings (SSSR count). The van der Waals surface area contributed by atoms with Gasteiger partial charge in [0, 0.05) is 5.56 Å². The minimum absolute atomic E-state index is 0.00296. The quantitative estimate of drug-likeness (QED) is 0.670. The molecule has 0 heterocycles. The summed E-state index contributed by atoms with van der Waals surface area (Å²) in [5.41, 5.74) is -0.564. The molecule has 4 nitrogen and oxygen atoms in total. The first-order valence-electron chi connectivity index (χ1n) is 6.35. The fourth-order valence-electron chi connectivity index (χ4n) is 1.71. The highest BCUT2D eigenvalue weighted by molar-refractivity contribution is 5.99. The van der Waals surface area contributed by atoms with Gasteiger partial charge in [-0.2, -0.15) is 0 Å². The van der Waals surface area contributed by atoms with Gasteiger partial charge in [0.25, 0.3) is 5.91 Å². The van der Waals surface area contributed by atoms with Crippen molar-refractivity contribution in [1.29, 1.82) is 0 Å². The van der Waals surface area contributed by atoms with Crippen LogP contribution in [0.1, 0.15) is 10.4 Å². The molecule has 0 saturated heterocycles. The maximum Gasteiger partial charge on any atom is 0.251 e. The molecule has 0 aliphatic rings. The van der Waals surface area contributed by atoms with E-state index in [9.17, 15) is 27.2 Å².